The third kappa shape index (κ3) is 2.94. The van der Waals surface area contributed by atoms with Crippen LogP contribution in [0.25, 0.3) is 0 Å². The molecule has 1 aromatic rings. The standard InChI is InChI=1S/C15H18N2O4/c1-3-14(18)10(2)16-13-8-7-12(17(20)21)9-11(13)5-4-6-15(16)19/h7-10H,3-6H2,1-2H3. The largest absolute Gasteiger partial charge is 0.302 e. The number of amides is 1. The molecular formula is C15H18N2O4. The molecule has 1 aromatic carbocycles. The van der Waals surface area contributed by atoms with Crippen molar-refractivity contribution in [3.63, 3.8) is 0 Å². The van der Waals surface area contributed by atoms with Crippen molar-refractivity contribution in [2.24, 2.45) is 0 Å². The number of hydrogen-bond donors (Lipinski definition) is 0. The zero-order valence-electron chi connectivity index (χ0n) is 12.2. The Morgan fingerprint density at radius 2 is 2.14 bits per heavy atom. The molecule has 112 valence electrons. The van der Waals surface area contributed by atoms with Crippen molar-refractivity contribution in [2.75, 3.05) is 4.90 Å². The maximum Gasteiger partial charge on any atom is 0.269 e. The van der Waals surface area contributed by atoms with Gasteiger partial charge in [0.2, 0.25) is 5.91 Å². The molecule has 0 aromatic heterocycles. The number of hydrogen-bond acceptors (Lipinski definition) is 4. The van der Waals surface area contributed by atoms with Crippen molar-refractivity contribution in [2.45, 2.75) is 45.6 Å². The van der Waals surface area contributed by atoms with Crippen LogP contribution in [0.2, 0.25) is 0 Å². The number of nitro groups is 1. The van der Waals surface area contributed by atoms with Gasteiger partial charge in [0, 0.05) is 30.7 Å². The molecule has 1 amide bonds. The minimum Gasteiger partial charge on any atom is -0.302 e. The van der Waals surface area contributed by atoms with Crippen LogP contribution in [-0.4, -0.2) is 22.7 Å². The molecule has 0 saturated heterocycles. The summed E-state index contributed by atoms with van der Waals surface area (Å²) >= 11 is 0. The van der Waals surface area contributed by atoms with E-state index in [1.165, 1.54) is 17.0 Å². The average Bonchev–Trinajstić information content (AvgIpc) is 2.63. The molecule has 0 spiro atoms. The first-order valence-corrected chi connectivity index (χ1v) is 7.07. The average molecular weight is 290 g/mol. The van der Waals surface area contributed by atoms with Crippen molar-refractivity contribution < 1.29 is 14.5 Å². The van der Waals surface area contributed by atoms with Gasteiger partial charge < -0.3 is 4.90 Å². The molecule has 2 rings (SSSR count). The van der Waals surface area contributed by atoms with Gasteiger partial charge in [-0.25, -0.2) is 0 Å². The number of fused-ring (bicyclic) bond motifs is 1. The van der Waals surface area contributed by atoms with Crippen LogP contribution < -0.4 is 4.90 Å². The third-order valence-corrected chi connectivity index (χ3v) is 3.84. The predicted molar refractivity (Wildman–Crippen MR) is 78.3 cm³/mol. The quantitative estimate of drug-likeness (QED) is 0.630. The predicted octanol–water partition coefficient (Wildman–Crippen LogP) is 2.63. The van der Waals surface area contributed by atoms with Crippen LogP contribution in [0.3, 0.4) is 0 Å². The number of benzene rings is 1. The SMILES string of the molecule is CCC(=O)C(C)N1C(=O)CCCc2cc([N+](=O)[O-])ccc21. The Kier molecular flexibility index (Phi) is 4.35. The zero-order valence-corrected chi connectivity index (χ0v) is 12.2. The first-order valence-electron chi connectivity index (χ1n) is 7.07. The molecule has 0 fully saturated rings. The van der Waals surface area contributed by atoms with Crippen LogP contribution in [0, 0.1) is 10.1 Å². The molecule has 0 radical (unpaired) electrons. The number of carbonyl (C=O) groups excluding carboxylic acids is 2. The summed E-state index contributed by atoms with van der Waals surface area (Å²) in [5.41, 5.74) is 1.39. The van der Waals surface area contributed by atoms with Crippen LogP contribution in [0.1, 0.15) is 38.7 Å². The first-order chi connectivity index (χ1) is 9.95. The second kappa shape index (κ2) is 6.03. The molecule has 21 heavy (non-hydrogen) atoms. The van der Waals surface area contributed by atoms with Gasteiger partial charge >= 0.3 is 0 Å². The minimum atomic E-state index is -0.541. The van der Waals surface area contributed by atoms with E-state index in [1.54, 1.807) is 19.9 Å². The fraction of sp³-hybridized carbons (Fsp3) is 0.467. The van der Waals surface area contributed by atoms with Gasteiger partial charge in [0.1, 0.15) is 0 Å². The second-order valence-electron chi connectivity index (χ2n) is 5.18. The molecule has 1 atom stereocenters. The summed E-state index contributed by atoms with van der Waals surface area (Å²) in [5.74, 6) is -0.119. The smallest absolute Gasteiger partial charge is 0.269 e. The molecule has 0 N–H and O–H groups in total. The van der Waals surface area contributed by atoms with E-state index >= 15 is 0 Å². The summed E-state index contributed by atoms with van der Waals surface area (Å²) in [6.07, 6.45) is 1.94. The van der Waals surface area contributed by atoms with E-state index in [0.717, 1.165) is 5.56 Å². The lowest BCUT2D eigenvalue weighted by Crippen LogP contribution is -2.43. The Bertz CT molecular complexity index is 597. The van der Waals surface area contributed by atoms with Gasteiger partial charge in [-0.3, -0.25) is 19.7 Å². The Morgan fingerprint density at radius 3 is 2.76 bits per heavy atom. The number of nitrogens with zero attached hydrogens (tertiary/aromatic N) is 2. The van der Waals surface area contributed by atoms with E-state index in [9.17, 15) is 19.7 Å². The third-order valence-electron chi connectivity index (χ3n) is 3.84. The van der Waals surface area contributed by atoms with E-state index < -0.39 is 11.0 Å². The van der Waals surface area contributed by atoms with Crippen molar-refractivity contribution in [1.82, 2.24) is 0 Å². The van der Waals surface area contributed by atoms with Crippen LogP contribution in [0.5, 0.6) is 0 Å². The number of aryl methyl sites for hydroxylation is 1. The molecule has 0 saturated carbocycles. The van der Waals surface area contributed by atoms with Gasteiger partial charge in [-0.2, -0.15) is 0 Å². The molecule has 6 heteroatoms. The molecule has 0 aliphatic carbocycles. The molecular weight excluding hydrogens is 272 g/mol. The minimum absolute atomic E-state index is 0.0116. The Labute approximate surface area is 122 Å². The van der Waals surface area contributed by atoms with Gasteiger partial charge in [-0.05, 0) is 31.4 Å². The number of carbonyl (C=O) groups is 2. The second-order valence-corrected chi connectivity index (χ2v) is 5.18. The molecule has 6 nitrogen and oxygen atoms in total. The highest BCUT2D eigenvalue weighted by molar-refractivity contribution is 6.02. The Hall–Kier alpha value is -2.24. The Balaban J connectivity index is 2.49. The van der Waals surface area contributed by atoms with Crippen molar-refractivity contribution in [1.29, 1.82) is 0 Å². The number of nitro benzene ring substituents is 1. The molecule has 1 aliphatic heterocycles. The summed E-state index contributed by atoms with van der Waals surface area (Å²) in [5, 5.41) is 10.9. The van der Waals surface area contributed by atoms with E-state index in [2.05, 4.69) is 0 Å². The maximum absolute atomic E-state index is 12.3. The first kappa shape index (κ1) is 15.2. The van der Waals surface area contributed by atoms with E-state index in [-0.39, 0.29) is 17.4 Å². The van der Waals surface area contributed by atoms with Gasteiger partial charge in [-0.15, -0.1) is 0 Å². The summed E-state index contributed by atoms with van der Waals surface area (Å²) in [4.78, 5) is 36.2. The van der Waals surface area contributed by atoms with E-state index in [1.807, 2.05) is 0 Å². The highest BCUT2D eigenvalue weighted by Gasteiger charge is 2.30. The fourth-order valence-electron chi connectivity index (χ4n) is 2.67. The van der Waals surface area contributed by atoms with Gasteiger partial charge in [0.25, 0.3) is 5.69 Å². The van der Waals surface area contributed by atoms with Crippen LogP contribution in [0.15, 0.2) is 18.2 Å². The van der Waals surface area contributed by atoms with Crippen LogP contribution in [-0.2, 0) is 16.0 Å². The van der Waals surface area contributed by atoms with Gasteiger partial charge in [-0.1, -0.05) is 6.92 Å². The highest BCUT2D eigenvalue weighted by Crippen LogP contribution is 2.32. The normalized spacial score (nSPS) is 16.1. The van der Waals surface area contributed by atoms with E-state index in [0.29, 0.717) is 31.4 Å². The van der Waals surface area contributed by atoms with Gasteiger partial charge in [0.15, 0.2) is 5.78 Å². The van der Waals surface area contributed by atoms with E-state index in [4.69, 9.17) is 0 Å². The molecule has 0 bridgehead atoms. The van der Waals surface area contributed by atoms with Crippen molar-refractivity contribution >= 4 is 23.1 Å². The molecule has 1 heterocycles. The van der Waals surface area contributed by atoms with Crippen LogP contribution >= 0.6 is 0 Å². The molecule has 1 aliphatic rings. The Morgan fingerprint density at radius 1 is 1.43 bits per heavy atom. The summed E-state index contributed by atoms with van der Waals surface area (Å²) in [7, 11) is 0. The summed E-state index contributed by atoms with van der Waals surface area (Å²) in [6.45, 7) is 3.47. The topological polar surface area (TPSA) is 80.5 Å². The fourth-order valence-corrected chi connectivity index (χ4v) is 2.67. The highest BCUT2D eigenvalue weighted by atomic mass is 16.6. The number of non-ortho nitro benzene ring substituents is 1. The number of rotatable bonds is 4. The summed E-state index contributed by atoms with van der Waals surface area (Å²) in [6, 6.07) is 3.93. The number of ketones is 1. The lowest BCUT2D eigenvalue weighted by Gasteiger charge is -2.28. The summed E-state index contributed by atoms with van der Waals surface area (Å²) < 4.78 is 0. The maximum atomic E-state index is 12.3. The van der Waals surface area contributed by atoms with Gasteiger partial charge in [0.05, 0.1) is 11.0 Å². The number of anilines is 1. The number of Topliss-reactive ketones (excluding diaryl/α,β-unsaturated/α-hetero) is 1. The lowest BCUT2D eigenvalue weighted by molar-refractivity contribution is -0.384. The van der Waals surface area contributed by atoms with Crippen molar-refractivity contribution in [3.05, 3.63) is 33.9 Å². The van der Waals surface area contributed by atoms with Crippen LogP contribution in [0.4, 0.5) is 11.4 Å². The monoisotopic (exact) mass is 290 g/mol. The zero-order chi connectivity index (χ0) is 15.6. The lowest BCUT2D eigenvalue weighted by atomic mass is 10.0. The van der Waals surface area contributed by atoms with Crippen molar-refractivity contribution in [3.8, 4) is 0 Å². The molecule has 1 unspecified atom stereocenters.